The van der Waals surface area contributed by atoms with E-state index in [1.165, 1.54) is 0 Å². The number of para-hydroxylation sites is 1. The summed E-state index contributed by atoms with van der Waals surface area (Å²) in [4.78, 5) is 9.20. The number of aromatic nitrogens is 3. The second-order valence-electron chi connectivity index (χ2n) is 5.14. The van der Waals surface area contributed by atoms with Gasteiger partial charge in [0.05, 0.1) is 11.7 Å². The van der Waals surface area contributed by atoms with Gasteiger partial charge >= 0.3 is 0 Å². The summed E-state index contributed by atoms with van der Waals surface area (Å²) < 4.78 is 1.85. The standard InChI is InChI=1S/C18H14N4/c1-13-21-16-10-6-5-9-15(16)18-17(12-20-22(13)18)19-11-14-7-3-2-4-8-14/h2-12H,1H3/b19-11+. The van der Waals surface area contributed by atoms with Crippen LogP contribution < -0.4 is 0 Å². The highest BCUT2D eigenvalue weighted by atomic mass is 15.3. The maximum absolute atomic E-state index is 4.62. The maximum atomic E-state index is 4.62. The van der Waals surface area contributed by atoms with E-state index < -0.39 is 0 Å². The van der Waals surface area contributed by atoms with Crippen molar-refractivity contribution in [2.75, 3.05) is 0 Å². The van der Waals surface area contributed by atoms with Crippen LogP contribution in [0.1, 0.15) is 11.4 Å². The van der Waals surface area contributed by atoms with Crippen molar-refractivity contribution in [3.8, 4) is 0 Å². The molecule has 0 saturated carbocycles. The Labute approximate surface area is 127 Å². The summed E-state index contributed by atoms with van der Waals surface area (Å²) >= 11 is 0. The van der Waals surface area contributed by atoms with Crippen molar-refractivity contribution in [2.24, 2.45) is 4.99 Å². The summed E-state index contributed by atoms with van der Waals surface area (Å²) in [6.07, 6.45) is 3.65. The quantitative estimate of drug-likeness (QED) is 0.524. The molecular weight excluding hydrogens is 272 g/mol. The molecule has 0 saturated heterocycles. The predicted octanol–water partition coefficient (Wildman–Crippen LogP) is 3.94. The van der Waals surface area contributed by atoms with Gasteiger partial charge in [-0.2, -0.15) is 5.10 Å². The van der Waals surface area contributed by atoms with Crippen molar-refractivity contribution in [1.29, 1.82) is 0 Å². The monoisotopic (exact) mass is 286 g/mol. The number of fused-ring (bicyclic) bond motifs is 3. The molecule has 0 radical (unpaired) electrons. The third-order valence-electron chi connectivity index (χ3n) is 3.65. The van der Waals surface area contributed by atoms with E-state index in [1.807, 2.05) is 66.2 Å². The van der Waals surface area contributed by atoms with E-state index in [1.54, 1.807) is 6.20 Å². The van der Waals surface area contributed by atoms with Gasteiger partial charge in [-0.3, -0.25) is 4.99 Å². The molecule has 2 heterocycles. The molecule has 22 heavy (non-hydrogen) atoms. The Morgan fingerprint density at radius 1 is 1.00 bits per heavy atom. The molecule has 4 aromatic rings. The highest BCUT2D eigenvalue weighted by Crippen LogP contribution is 2.28. The Morgan fingerprint density at radius 3 is 2.64 bits per heavy atom. The largest absolute Gasteiger partial charge is 0.252 e. The molecule has 0 amide bonds. The minimum absolute atomic E-state index is 0.852. The molecule has 4 heteroatoms. The first-order chi connectivity index (χ1) is 10.8. The molecule has 2 aromatic carbocycles. The summed E-state index contributed by atoms with van der Waals surface area (Å²) in [6.45, 7) is 1.96. The van der Waals surface area contributed by atoms with Crippen molar-refractivity contribution >= 4 is 28.3 Å². The third-order valence-corrected chi connectivity index (χ3v) is 3.65. The van der Waals surface area contributed by atoms with Crippen LogP contribution in [0.25, 0.3) is 16.4 Å². The average molecular weight is 286 g/mol. The minimum Gasteiger partial charge on any atom is -0.252 e. The normalized spacial score (nSPS) is 11.7. The average Bonchev–Trinajstić information content (AvgIpc) is 2.99. The van der Waals surface area contributed by atoms with Crippen LogP contribution in [-0.4, -0.2) is 20.8 Å². The lowest BCUT2D eigenvalue weighted by Crippen LogP contribution is -1.97. The first kappa shape index (κ1) is 12.7. The predicted molar refractivity (Wildman–Crippen MR) is 88.9 cm³/mol. The van der Waals surface area contributed by atoms with Crippen LogP contribution in [0, 0.1) is 6.92 Å². The number of hydrogen-bond acceptors (Lipinski definition) is 3. The van der Waals surface area contributed by atoms with Crippen molar-refractivity contribution in [3.05, 3.63) is 72.2 Å². The zero-order chi connectivity index (χ0) is 14.9. The van der Waals surface area contributed by atoms with Crippen molar-refractivity contribution < 1.29 is 0 Å². The zero-order valence-electron chi connectivity index (χ0n) is 12.1. The van der Waals surface area contributed by atoms with Gasteiger partial charge < -0.3 is 0 Å². The Hall–Kier alpha value is -3.01. The minimum atomic E-state index is 0.852. The molecule has 106 valence electrons. The van der Waals surface area contributed by atoms with Gasteiger partial charge in [0.1, 0.15) is 17.0 Å². The third kappa shape index (κ3) is 2.05. The summed E-state index contributed by atoms with van der Waals surface area (Å²) in [6, 6.07) is 18.1. The van der Waals surface area contributed by atoms with E-state index in [2.05, 4.69) is 21.1 Å². The van der Waals surface area contributed by atoms with Gasteiger partial charge in [-0.05, 0) is 18.6 Å². The van der Waals surface area contributed by atoms with Gasteiger partial charge in [0.25, 0.3) is 0 Å². The van der Waals surface area contributed by atoms with Crippen molar-refractivity contribution in [1.82, 2.24) is 14.6 Å². The van der Waals surface area contributed by atoms with Gasteiger partial charge in [-0.25, -0.2) is 9.50 Å². The molecule has 0 spiro atoms. The van der Waals surface area contributed by atoms with Crippen molar-refractivity contribution in [3.63, 3.8) is 0 Å². The van der Waals surface area contributed by atoms with Gasteiger partial charge in [0, 0.05) is 11.6 Å². The van der Waals surface area contributed by atoms with E-state index in [0.717, 1.165) is 33.5 Å². The number of hydrogen-bond donors (Lipinski definition) is 0. The highest BCUT2D eigenvalue weighted by Gasteiger charge is 2.10. The molecule has 0 fully saturated rings. The molecular formula is C18H14N4. The van der Waals surface area contributed by atoms with Crippen LogP contribution in [-0.2, 0) is 0 Å². The molecule has 4 rings (SSSR count). The molecule has 0 aliphatic rings. The number of aliphatic imine (C=N–C) groups is 1. The topological polar surface area (TPSA) is 42.5 Å². The lowest BCUT2D eigenvalue weighted by atomic mass is 10.2. The van der Waals surface area contributed by atoms with Gasteiger partial charge in [-0.15, -0.1) is 0 Å². The highest BCUT2D eigenvalue weighted by molar-refractivity contribution is 6.00. The van der Waals surface area contributed by atoms with Crippen molar-refractivity contribution in [2.45, 2.75) is 6.92 Å². The summed E-state index contributed by atoms with van der Waals surface area (Å²) in [7, 11) is 0. The Kier molecular flexibility index (Phi) is 2.93. The van der Waals surface area contributed by atoms with E-state index in [0.29, 0.717) is 0 Å². The second kappa shape index (κ2) is 5.07. The first-order valence-electron chi connectivity index (χ1n) is 7.15. The second-order valence-corrected chi connectivity index (χ2v) is 5.14. The number of benzene rings is 2. The SMILES string of the molecule is Cc1nc2ccccc2c2c(/N=C/c3ccccc3)cnn12. The van der Waals surface area contributed by atoms with Gasteiger partial charge in [0.15, 0.2) is 0 Å². The fourth-order valence-electron chi connectivity index (χ4n) is 2.61. The van der Waals surface area contributed by atoms with E-state index in [-0.39, 0.29) is 0 Å². The number of nitrogens with zero attached hydrogens (tertiary/aromatic N) is 4. The molecule has 0 N–H and O–H groups in total. The molecule has 0 unspecified atom stereocenters. The molecule has 0 aliphatic carbocycles. The van der Waals surface area contributed by atoms with Crippen LogP contribution in [0.5, 0.6) is 0 Å². The summed E-state index contributed by atoms with van der Waals surface area (Å²) in [5.74, 6) is 0.856. The Morgan fingerprint density at radius 2 is 1.77 bits per heavy atom. The molecule has 2 aromatic heterocycles. The molecule has 0 atom stereocenters. The fraction of sp³-hybridized carbons (Fsp3) is 0.0556. The van der Waals surface area contributed by atoms with E-state index in [9.17, 15) is 0 Å². The van der Waals surface area contributed by atoms with Crippen LogP contribution in [0.3, 0.4) is 0 Å². The lowest BCUT2D eigenvalue weighted by molar-refractivity contribution is 0.877. The Bertz CT molecular complexity index is 984. The van der Waals surface area contributed by atoms with Crippen LogP contribution >= 0.6 is 0 Å². The maximum Gasteiger partial charge on any atom is 0.128 e. The zero-order valence-corrected chi connectivity index (χ0v) is 12.1. The first-order valence-corrected chi connectivity index (χ1v) is 7.15. The summed E-state index contributed by atoms with van der Waals surface area (Å²) in [5, 5.41) is 5.48. The van der Waals surface area contributed by atoms with Crippen LogP contribution in [0.2, 0.25) is 0 Å². The van der Waals surface area contributed by atoms with E-state index in [4.69, 9.17) is 0 Å². The molecule has 0 aliphatic heterocycles. The summed E-state index contributed by atoms with van der Waals surface area (Å²) in [5.41, 5.74) is 3.88. The van der Waals surface area contributed by atoms with Gasteiger partial charge in [0.2, 0.25) is 0 Å². The molecule has 0 bridgehead atoms. The van der Waals surface area contributed by atoms with Crippen LogP contribution in [0.15, 0.2) is 65.8 Å². The van der Waals surface area contributed by atoms with Crippen LogP contribution in [0.4, 0.5) is 5.69 Å². The molecule has 4 nitrogen and oxygen atoms in total. The smallest absolute Gasteiger partial charge is 0.128 e. The Balaban J connectivity index is 1.94. The fourth-order valence-corrected chi connectivity index (χ4v) is 2.61. The number of rotatable bonds is 2. The van der Waals surface area contributed by atoms with Gasteiger partial charge in [-0.1, -0.05) is 48.5 Å². The van der Waals surface area contributed by atoms with E-state index >= 15 is 0 Å². The number of aryl methyl sites for hydroxylation is 1. The lowest BCUT2D eigenvalue weighted by Gasteiger charge is -2.04.